The van der Waals surface area contributed by atoms with E-state index in [1.807, 2.05) is 25.2 Å². The molecule has 0 amide bonds. The minimum atomic E-state index is 0.201. The first-order valence-corrected chi connectivity index (χ1v) is 7.35. The number of likely N-dealkylation sites (tertiary alicyclic amines) is 1. The van der Waals surface area contributed by atoms with Gasteiger partial charge in [0.2, 0.25) is 0 Å². The second-order valence-electron chi connectivity index (χ2n) is 5.50. The van der Waals surface area contributed by atoms with Crippen LogP contribution in [0.1, 0.15) is 31.4 Å². The summed E-state index contributed by atoms with van der Waals surface area (Å²) >= 11 is 0. The first-order valence-electron chi connectivity index (χ1n) is 7.35. The number of rotatable bonds is 5. The molecule has 1 saturated heterocycles. The van der Waals surface area contributed by atoms with Crippen molar-refractivity contribution in [1.29, 1.82) is 0 Å². The number of nitrogens with zero attached hydrogens (tertiary/aromatic N) is 1. The Labute approximate surface area is 122 Å². The van der Waals surface area contributed by atoms with Gasteiger partial charge >= 0.3 is 0 Å². The number of ether oxygens (including phenoxy) is 2. The highest BCUT2D eigenvalue weighted by atomic mass is 16.5. The van der Waals surface area contributed by atoms with Crippen molar-refractivity contribution in [3.63, 3.8) is 0 Å². The minimum absolute atomic E-state index is 0.201. The van der Waals surface area contributed by atoms with Gasteiger partial charge in [-0.15, -0.1) is 0 Å². The Morgan fingerprint density at radius 1 is 1.25 bits per heavy atom. The Bertz CT molecular complexity index is 428. The molecule has 1 atom stereocenters. The Balaban J connectivity index is 2.18. The molecule has 1 aliphatic heterocycles. The van der Waals surface area contributed by atoms with Crippen LogP contribution in [0.15, 0.2) is 18.2 Å². The molecule has 0 saturated carbocycles. The fraction of sp³-hybridized carbons (Fsp3) is 0.625. The summed E-state index contributed by atoms with van der Waals surface area (Å²) in [6, 6.07) is 6.23. The lowest BCUT2D eigenvalue weighted by Gasteiger charge is -2.30. The molecule has 0 spiro atoms. The summed E-state index contributed by atoms with van der Waals surface area (Å²) in [5.74, 6) is 1.83. The van der Waals surface area contributed by atoms with Crippen LogP contribution in [0.4, 0.5) is 0 Å². The van der Waals surface area contributed by atoms with Crippen LogP contribution in [0.2, 0.25) is 0 Å². The van der Waals surface area contributed by atoms with Crippen molar-refractivity contribution in [2.45, 2.75) is 31.9 Å². The number of hydrogen-bond donors (Lipinski definition) is 1. The zero-order valence-electron chi connectivity index (χ0n) is 13.0. The molecule has 20 heavy (non-hydrogen) atoms. The van der Waals surface area contributed by atoms with Crippen LogP contribution in [-0.2, 0) is 0 Å². The van der Waals surface area contributed by atoms with E-state index >= 15 is 0 Å². The highest BCUT2D eigenvalue weighted by Gasteiger charge is 2.22. The van der Waals surface area contributed by atoms with Gasteiger partial charge < -0.3 is 19.7 Å². The van der Waals surface area contributed by atoms with Crippen molar-refractivity contribution in [3.8, 4) is 11.5 Å². The van der Waals surface area contributed by atoms with E-state index in [0.717, 1.165) is 43.0 Å². The average Bonchev–Trinajstić information content (AvgIpc) is 2.48. The number of piperidine rings is 1. The molecule has 1 aromatic carbocycles. The summed E-state index contributed by atoms with van der Waals surface area (Å²) in [5, 5.41) is 3.27. The van der Waals surface area contributed by atoms with Crippen molar-refractivity contribution < 1.29 is 9.47 Å². The lowest BCUT2D eigenvalue weighted by atomic mass is 10.0. The molecule has 1 aromatic rings. The van der Waals surface area contributed by atoms with Crippen LogP contribution in [-0.4, -0.2) is 45.3 Å². The molecular weight excluding hydrogens is 252 g/mol. The molecule has 0 bridgehead atoms. The molecule has 0 aromatic heterocycles. The van der Waals surface area contributed by atoms with Crippen molar-refractivity contribution >= 4 is 0 Å². The van der Waals surface area contributed by atoms with E-state index in [0.29, 0.717) is 6.10 Å². The number of benzene rings is 1. The monoisotopic (exact) mass is 278 g/mol. The van der Waals surface area contributed by atoms with Gasteiger partial charge in [0, 0.05) is 19.1 Å². The SMILES string of the molecule is CNC(C)c1c(OC)cccc1OC1CCN(C)CC1. The maximum Gasteiger partial charge on any atom is 0.128 e. The molecule has 0 aliphatic carbocycles. The highest BCUT2D eigenvalue weighted by Crippen LogP contribution is 2.35. The van der Waals surface area contributed by atoms with Gasteiger partial charge in [-0.3, -0.25) is 0 Å². The molecule has 112 valence electrons. The molecule has 1 fully saturated rings. The fourth-order valence-electron chi connectivity index (χ4n) is 2.66. The number of hydrogen-bond acceptors (Lipinski definition) is 4. The smallest absolute Gasteiger partial charge is 0.128 e. The van der Waals surface area contributed by atoms with E-state index < -0.39 is 0 Å². The van der Waals surface area contributed by atoms with Crippen molar-refractivity contribution in [3.05, 3.63) is 23.8 Å². The maximum atomic E-state index is 6.25. The molecule has 1 unspecified atom stereocenters. The second-order valence-corrected chi connectivity index (χ2v) is 5.50. The fourth-order valence-corrected chi connectivity index (χ4v) is 2.66. The van der Waals surface area contributed by atoms with Gasteiger partial charge in [0.1, 0.15) is 17.6 Å². The first kappa shape index (κ1) is 15.1. The van der Waals surface area contributed by atoms with E-state index in [4.69, 9.17) is 9.47 Å². The van der Waals surface area contributed by atoms with Crippen molar-refractivity contribution in [2.24, 2.45) is 0 Å². The molecule has 0 radical (unpaired) electrons. The predicted octanol–water partition coefficient (Wildman–Crippen LogP) is 2.45. The summed E-state index contributed by atoms with van der Waals surface area (Å²) in [6.07, 6.45) is 2.48. The molecule has 1 heterocycles. The standard InChI is InChI=1S/C16H26N2O2/c1-12(17-2)16-14(19-4)6-5-7-15(16)20-13-8-10-18(3)11-9-13/h5-7,12-13,17H,8-11H2,1-4H3. The summed E-state index contributed by atoms with van der Waals surface area (Å²) < 4.78 is 11.7. The van der Waals surface area contributed by atoms with Crippen LogP contribution < -0.4 is 14.8 Å². The van der Waals surface area contributed by atoms with Crippen molar-refractivity contribution in [1.82, 2.24) is 10.2 Å². The third kappa shape index (κ3) is 3.44. The summed E-state index contributed by atoms with van der Waals surface area (Å²) in [5.41, 5.74) is 1.11. The van der Waals surface area contributed by atoms with E-state index in [1.54, 1.807) is 7.11 Å². The Kier molecular flexibility index (Phi) is 5.26. The zero-order chi connectivity index (χ0) is 14.5. The molecule has 2 rings (SSSR count). The van der Waals surface area contributed by atoms with Gasteiger partial charge in [0.05, 0.1) is 12.7 Å². The molecular formula is C16H26N2O2. The number of methoxy groups -OCH3 is 1. The largest absolute Gasteiger partial charge is 0.496 e. The predicted molar refractivity (Wildman–Crippen MR) is 81.6 cm³/mol. The van der Waals surface area contributed by atoms with Crippen LogP contribution in [0.25, 0.3) is 0 Å². The van der Waals surface area contributed by atoms with Crippen LogP contribution in [0, 0.1) is 0 Å². The third-order valence-electron chi connectivity index (χ3n) is 4.07. The topological polar surface area (TPSA) is 33.7 Å². The second kappa shape index (κ2) is 6.95. The molecule has 1 aliphatic rings. The summed E-state index contributed by atoms with van der Waals surface area (Å²) in [6.45, 7) is 4.33. The van der Waals surface area contributed by atoms with Gasteiger partial charge in [-0.2, -0.15) is 0 Å². The first-order chi connectivity index (χ1) is 9.65. The normalized spacial score (nSPS) is 18.8. The molecule has 1 N–H and O–H groups in total. The van der Waals surface area contributed by atoms with Crippen molar-refractivity contribution in [2.75, 3.05) is 34.3 Å². The van der Waals surface area contributed by atoms with Gasteiger partial charge in [-0.05, 0) is 46.0 Å². The van der Waals surface area contributed by atoms with Gasteiger partial charge in [-0.1, -0.05) is 6.07 Å². The van der Waals surface area contributed by atoms with E-state index in [1.165, 1.54) is 0 Å². The molecule has 4 nitrogen and oxygen atoms in total. The number of nitrogens with one attached hydrogen (secondary N) is 1. The Morgan fingerprint density at radius 3 is 2.50 bits per heavy atom. The van der Waals surface area contributed by atoms with Gasteiger partial charge in [0.15, 0.2) is 0 Å². The lowest BCUT2D eigenvalue weighted by Crippen LogP contribution is -2.36. The van der Waals surface area contributed by atoms with Crippen LogP contribution in [0.5, 0.6) is 11.5 Å². The molecule has 4 heteroatoms. The van der Waals surface area contributed by atoms with E-state index in [9.17, 15) is 0 Å². The van der Waals surface area contributed by atoms with Gasteiger partial charge in [0.25, 0.3) is 0 Å². The Morgan fingerprint density at radius 2 is 1.90 bits per heavy atom. The quantitative estimate of drug-likeness (QED) is 0.897. The van der Waals surface area contributed by atoms with Crippen LogP contribution in [0.3, 0.4) is 0 Å². The van der Waals surface area contributed by atoms with E-state index in [-0.39, 0.29) is 6.04 Å². The van der Waals surface area contributed by atoms with E-state index in [2.05, 4.69) is 24.2 Å². The Hall–Kier alpha value is -1.26. The van der Waals surface area contributed by atoms with Gasteiger partial charge in [-0.25, -0.2) is 0 Å². The van der Waals surface area contributed by atoms with Crippen LogP contribution >= 0.6 is 0 Å². The minimum Gasteiger partial charge on any atom is -0.496 e. The average molecular weight is 278 g/mol. The third-order valence-corrected chi connectivity index (χ3v) is 4.07. The zero-order valence-corrected chi connectivity index (χ0v) is 13.0. The maximum absolute atomic E-state index is 6.25. The lowest BCUT2D eigenvalue weighted by molar-refractivity contribution is 0.112. The summed E-state index contributed by atoms with van der Waals surface area (Å²) in [4.78, 5) is 2.35. The highest BCUT2D eigenvalue weighted by molar-refractivity contribution is 5.46. The summed E-state index contributed by atoms with van der Waals surface area (Å²) in [7, 11) is 5.83.